The maximum Gasteiger partial charge on any atom is 0.332 e. The number of hydrogen-bond donors (Lipinski definition) is 1. The van der Waals surface area contributed by atoms with Gasteiger partial charge >= 0.3 is 5.69 Å². The summed E-state index contributed by atoms with van der Waals surface area (Å²) in [5.41, 5.74) is 0.205. The van der Waals surface area contributed by atoms with E-state index in [9.17, 15) is 19.7 Å². The number of nitro groups is 1. The van der Waals surface area contributed by atoms with Gasteiger partial charge in [0.1, 0.15) is 5.82 Å². The average molecular weight is 461 g/mol. The molecule has 0 spiro atoms. The van der Waals surface area contributed by atoms with E-state index in [0.29, 0.717) is 18.8 Å². The number of nitrogens with zero attached hydrogens (tertiary/aromatic N) is 5. The highest BCUT2D eigenvalue weighted by atomic mass is 16.6. The molecule has 0 radical (unpaired) electrons. The van der Waals surface area contributed by atoms with Gasteiger partial charge in [-0.05, 0) is 32.5 Å². The molecule has 1 aromatic carbocycles. The van der Waals surface area contributed by atoms with Gasteiger partial charge in [0.05, 0.1) is 4.92 Å². The Labute approximate surface area is 194 Å². The SMILES string of the molecule is CCN(CC)CCN(CCCc1ccccc1[N+](=O)[O-])CCNc1cc(=O)n(C)c(=O)n1C. The second-order valence-electron chi connectivity index (χ2n) is 8.05. The van der Waals surface area contributed by atoms with Crippen LogP contribution in [0.4, 0.5) is 11.5 Å². The molecular formula is C23H36N6O4. The third-order valence-electron chi connectivity index (χ3n) is 6.00. The Balaban J connectivity index is 2.00. The zero-order valence-corrected chi connectivity index (χ0v) is 20.1. The van der Waals surface area contributed by atoms with Crippen LogP contribution in [0, 0.1) is 10.1 Å². The summed E-state index contributed by atoms with van der Waals surface area (Å²) in [6.45, 7) is 10.1. The molecule has 10 heteroatoms. The predicted octanol–water partition coefficient (Wildman–Crippen LogP) is 1.68. The third-order valence-corrected chi connectivity index (χ3v) is 6.00. The minimum Gasteiger partial charge on any atom is -0.370 e. The Kier molecular flexibility index (Phi) is 10.3. The van der Waals surface area contributed by atoms with Gasteiger partial charge in [-0.3, -0.25) is 24.0 Å². The van der Waals surface area contributed by atoms with Gasteiger partial charge in [0, 0.05) is 58.0 Å². The standard InChI is InChI=1S/C23H36N6O4/c1-5-27(6-2)16-17-28(14-9-11-19-10-7-8-12-20(19)29(32)33)15-13-24-21-18-22(30)26(4)23(31)25(21)3/h7-8,10,12,18,24H,5-6,9,11,13-17H2,1-4H3. The van der Waals surface area contributed by atoms with E-state index in [-0.39, 0.29) is 21.9 Å². The summed E-state index contributed by atoms with van der Waals surface area (Å²) in [6, 6.07) is 8.31. The Morgan fingerprint density at radius 1 is 0.970 bits per heavy atom. The van der Waals surface area contributed by atoms with E-state index in [4.69, 9.17) is 0 Å². The van der Waals surface area contributed by atoms with Crippen molar-refractivity contribution >= 4 is 11.5 Å². The van der Waals surface area contributed by atoms with Crippen LogP contribution in [0.2, 0.25) is 0 Å². The number of rotatable bonds is 14. The summed E-state index contributed by atoms with van der Waals surface area (Å²) in [4.78, 5) is 39.7. The number of hydrogen-bond acceptors (Lipinski definition) is 7. The average Bonchev–Trinajstić information content (AvgIpc) is 2.81. The van der Waals surface area contributed by atoms with E-state index < -0.39 is 0 Å². The van der Waals surface area contributed by atoms with E-state index in [1.54, 1.807) is 19.2 Å². The van der Waals surface area contributed by atoms with Crippen molar-refractivity contribution in [3.63, 3.8) is 0 Å². The van der Waals surface area contributed by atoms with Gasteiger partial charge in [-0.1, -0.05) is 32.0 Å². The number of para-hydroxylation sites is 1. The molecule has 0 fully saturated rings. The van der Waals surface area contributed by atoms with Crippen molar-refractivity contribution in [2.24, 2.45) is 14.1 Å². The van der Waals surface area contributed by atoms with Crippen LogP contribution >= 0.6 is 0 Å². The van der Waals surface area contributed by atoms with Gasteiger partial charge < -0.3 is 15.1 Å². The molecule has 0 bridgehead atoms. The van der Waals surface area contributed by atoms with Crippen molar-refractivity contribution in [2.45, 2.75) is 26.7 Å². The zero-order valence-electron chi connectivity index (χ0n) is 20.1. The number of aryl methyl sites for hydroxylation is 1. The lowest BCUT2D eigenvalue weighted by Crippen LogP contribution is -2.40. The highest BCUT2D eigenvalue weighted by Gasteiger charge is 2.13. The van der Waals surface area contributed by atoms with Crippen LogP contribution < -0.4 is 16.6 Å². The van der Waals surface area contributed by atoms with Crippen LogP contribution in [0.5, 0.6) is 0 Å². The van der Waals surface area contributed by atoms with Crippen LogP contribution in [0.3, 0.4) is 0 Å². The first-order valence-corrected chi connectivity index (χ1v) is 11.5. The molecule has 1 N–H and O–H groups in total. The molecule has 182 valence electrons. The lowest BCUT2D eigenvalue weighted by atomic mass is 10.1. The molecule has 33 heavy (non-hydrogen) atoms. The summed E-state index contributed by atoms with van der Waals surface area (Å²) < 4.78 is 2.50. The van der Waals surface area contributed by atoms with Gasteiger partial charge in [-0.25, -0.2) is 4.79 Å². The van der Waals surface area contributed by atoms with Crippen LogP contribution in [0.1, 0.15) is 25.8 Å². The largest absolute Gasteiger partial charge is 0.370 e. The van der Waals surface area contributed by atoms with Crippen molar-refractivity contribution in [2.75, 3.05) is 51.1 Å². The van der Waals surface area contributed by atoms with Crippen LogP contribution in [-0.4, -0.2) is 69.7 Å². The number of nitro benzene ring substituents is 1. The molecule has 0 saturated heterocycles. The Morgan fingerprint density at radius 2 is 1.64 bits per heavy atom. The molecule has 2 rings (SSSR count). The van der Waals surface area contributed by atoms with Crippen molar-refractivity contribution < 1.29 is 4.92 Å². The van der Waals surface area contributed by atoms with E-state index in [0.717, 1.165) is 55.8 Å². The molecule has 2 aromatic rings. The molecule has 10 nitrogen and oxygen atoms in total. The minimum atomic E-state index is -0.368. The van der Waals surface area contributed by atoms with Gasteiger partial charge in [-0.2, -0.15) is 0 Å². The van der Waals surface area contributed by atoms with Crippen LogP contribution in [-0.2, 0) is 20.5 Å². The lowest BCUT2D eigenvalue weighted by Gasteiger charge is -2.26. The highest BCUT2D eigenvalue weighted by molar-refractivity contribution is 5.39. The normalized spacial score (nSPS) is 11.3. The molecule has 0 amide bonds. The summed E-state index contributed by atoms with van der Waals surface area (Å²) in [5.74, 6) is 0.492. The number of benzene rings is 1. The summed E-state index contributed by atoms with van der Waals surface area (Å²) in [6.07, 6.45) is 1.43. The van der Waals surface area contributed by atoms with Crippen molar-refractivity contribution in [1.29, 1.82) is 0 Å². The fraction of sp³-hybridized carbons (Fsp3) is 0.565. The molecule has 0 aliphatic heterocycles. The number of aromatic nitrogens is 2. The van der Waals surface area contributed by atoms with Crippen molar-refractivity contribution in [3.05, 3.63) is 66.8 Å². The fourth-order valence-electron chi connectivity index (χ4n) is 3.80. The van der Waals surface area contributed by atoms with Crippen LogP contribution in [0.15, 0.2) is 39.9 Å². The zero-order chi connectivity index (χ0) is 24.4. The first-order valence-electron chi connectivity index (χ1n) is 11.5. The first kappa shape index (κ1) is 26.3. The fourth-order valence-corrected chi connectivity index (χ4v) is 3.80. The second kappa shape index (κ2) is 12.9. The molecule has 0 saturated carbocycles. The first-order chi connectivity index (χ1) is 15.8. The summed E-state index contributed by atoms with van der Waals surface area (Å²) in [7, 11) is 3.09. The van der Waals surface area contributed by atoms with Gasteiger partial charge in [-0.15, -0.1) is 0 Å². The lowest BCUT2D eigenvalue weighted by molar-refractivity contribution is -0.385. The molecule has 0 unspecified atom stereocenters. The maximum absolute atomic E-state index is 12.1. The quantitative estimate of drug-likeness (QED) is 0.338. The van der Waals surface area contributed by atoms with Gasteiger partial charge in [0.15, 0.2) is 0 Å². The predicted molar refractivity (Wildman–Crippen MR) is 131 cm³/mol. The summed E-state index contributed by atoms with van der Waals surface area (Å²) in [5, 5.41) is 14.5. The molecule has 1 heterocycles. The number of anilines is 1. The Hall–Kier alpha value is -2.98. The third kappa shape index (κ3) is 7.54. The monoisotopic (exact) mass is 460 g/mol. The van der Waals surface area contributed by atoms with E-state index in [1.165, 1.54) is 17.7 Å². The van der Waals surface area contributed by atoms with Crippen LogP contribution in [0.25, 0.3) is 0 Å². The molecule has 0 aliphatic carbocycles. The highest BCUT2D eigenvalue weighted by Crippen LogP contribution is 2.19. The van der Waals surface area contributed by atoms with Gasteiger partial charge in [0.25, 0.3) is 11.2 Å². The Bertz CT molecular complexity index is 1030. The minimum absolute atomic E-state index is 0.167. The number of likely N-dealkylation sites (N-methyl/N-ethyl adjacent to an activating group) is 1. The number of nitrogens with one attached hydrogen (secondary N) is 1. The maximum atomic E-state index is 12.1. The molecule has 0 aliphatic rings. The van der Waals surface area contributed by atoms with E-state index in [1.807, 2.05) is 12.1 Å². The smallest absolute Gasteiger partial charge is 0.332 e. The molecule has 1 aromatic heterocycles. The molecular weight excluding hydrogens is 424 g/mol. The topological polar surface area (TPSA) is 106 Å². The van der Waals surface area contributed by atoms with Crippen molar-refractivity contribution in [1.82, 2.24) is 18.9 Å². The van der Waals surface area contributed by atoms with Crippen molar-refractivity contribution in [3.8, 4) is 0 Å². The van der Waals surface area contributed by atoms with E-state index >= 15 is 0 Å². The van der Waals surface area contributed by atoms with Gasteiger partial charge in [0.2, 0.25) is 0 Å². The second-order valence-corrected chi connectivity index (χ2v) is 8.05. The molecule has 0 atom stereocenters. The summed E-state index contributed by atoms with van der Waals surface area (Å²) >= 11 is 0. The Morgan fingerprint density at radius 3 is 2.30 bits per heavy atom. The van der Waals surface area contributed by atoms with E-state index in [2.05, 4.69) is 29.0 Å².